The summed E-state index contributed by atoms with van der Waals surface area (Å²) < 4.78 is 0. The minimum atomic E-state index is -0.676. The summed E-state index contributed by atoms with van der Waals surface area (Å²) in [5.41, 5.74) is -0.112. The van der Waals surface area contributed by atoms with Gasteiger partial charge in [0.2, 0.25) is 0 Å². The number of nitrogens with zero attached hydrogens (tertiary/aromatic N) is 2. The van der Waals surface area contributed by atoms with Crippen LogP contribution in [0.1, 0.15) is 43.3 Å². The van der Waals surface area contributed by atoms with Crippen molar-refractivity contribution in [1.82, 2.24) is 20.5 Å². The van der Waals surface area contributed by atoms with E-state index in [1.54, 1.807) is 0 Å². The van der Waals surface area contributed by atoms with Gasteiger partial charge in [0, 0.05) is 19.0 Å². The van der Waals surface area contributed by atoms with Crippen molar-refractivity contribution >= 4 is 0 Å². The van der Waals surface area contributed by atoms with E-state index >= 15 is 0 Å². The van der Waals surface area contributed by atoms with Crippen LogP contribution in [0, 0.1) is 5.41 Å². The van der Waals surface area contributed by atoms with Crippen molar-refractivity contribution in [3.8, 4) is 0 Å². The first-order valence-corrected chi connectivity index (χ1v) is 6.05. The molecule has 2 aliphatic carbocycles. The first-order chi connectivity index (χ1) is 7.69. The monoisotopic (exact) mass is 220 g/mol. The summed E-state index contributed by atoms with van der Waals surface area (Å²) in [5.74, 6) is 2.19. The zero-order valence-corrected chi connectivity index (χ0v) is 9.16. The lowest BCUT2D eigenvalue weighted by Gasteiger charge is -2.53. The van der Waals surface area contributed by atoms with Crippen LogP contribution in [0.5, 0.6) is 0 Å². The molecule has 0 bridgehead atoms. The van der Waals surface area contributed by atoms with Crippen LogP contribution < -0.4 is 5.32 Å². The summed E-state index contributed by atoms with van der Waals surface area (Å²) in [4.78, 5) is 3.21. The Labute approximate surface area is 93.7 Å². The summed E-state index contributed by atoms with van der Waals surface area (Å²) in [6.07, 6.45) is 4.07. The molecule has 2 saturated carbocycles. The van der Waals surface area contributed by atoms with Gasteiger partial charge in [0.05, 0.1) is 0 Å². The highest BCUT2D eigenvalue weighted by Gasteiger charge is 2.51. The zero-order valence-electron chi connectivity index (χ0n) is 9.16. The molecule has 3 aliphatic rings. The van der Waals surface area contributed by atoms with Gasteiger partial charge in [0.1, 0.15) is 11.4 Å². The van der Waals surface area contributed by atoms with Crippen LogP contribution in [-0.2, 0) is 5.60 Å². The first-order valence-electron chi connectivity index (χ1n) is 6.05. The fourth-order valence-corrected chi connectivity index (χ4v) is 2.97. The van der Waals surface area contributed by atoms with Crippen LogP contribution in [0.25, 0.3) is 0 Å². The number of hydrogen-bond donors (Lipinski definition) is 3. The van der Waals surface area contributed by atoms with Crippen molar-refractivity contribution in [1.29, 1.82) is 0 Å². The minimum absolute atomic E-state index is 0.533. The van der Waals surface area contributed by atoms with E-state index in [1.165, 1.54) is 12.8 Å². The van der Waals surface area contributed by atoms with Crippen molar-refractivity contribution in [2.75, 3.05) is 13.1 Å². The van der Waals surface area contributed by atoms with Gasteiger partial charge in [-0.3, -0.25) is 0 Å². The van der Waals surface area contributed by atoms with Gasteiger partial charge in [-0.05, 0) is 31.1 Å². The number of aliphatic hydroxyl groups is 1. The van der Waals surface area contributed by atoms with Crippen LogP contribution in [0.15, 0.2) is 0 Å². The second kappa shape index (κ2) is 2.65. The molecular weight excluding hydrogens is 204 g/mol. The fraction of sp³-hybridized carbons (Fsp3) is 0.818. The smallest absolute Gasteiger partial charge is 0.162 e. The maximum atomic E-state index is 9.90. The minimum Gasteiger partial charge on any atom is -0.382 e. The average Bonchev–Trinajstić information content (AvgIpc) is 2.72. The molecular formula is C11H16N4O. The van der Waals surface area contributed by atoms with E-state index in [4.69, 9.17) is 0 Å². The van der Waals surface area contributed by atoms with Crippen LogP contribution >= 0.6 is 0 Å². The Kier molecular flexibility index (Phi) is 1.51. The summed E-state index contributed by atoms with van der Waals surface area (Å²) in [5, 5.41) is 21.5. The summed E-state index contributed by atoms with van der Waals surface area (Å²) in [7, 11) is 0. The van der Waals surface area contributed by atoms with Gasteiger partial charge < -0.3 is 15.4 Å². The van der Waals surface area contributed by atoms with Gasteiger partial charge in [0.15, 0.2) is 5.82 Å². The van der Waals surface area contributed by atoms with E-state index in [0.717, 1.165) is 31.8 Å². The number of aromatic amines is 1. The molecule has 0 unspecified atom stereocenters. The lowest BCUT2D eigenvalue weighted by molar-refractivity contribution is 0.0330. The topological polar surface area (TPSA) is 73.8 Å². The molecule has 1 aromatic rings. The average molecular weight is 220 g/mol. The number of aromatic nitrogens is 3. The van der Waals surface area contributed by atoms with E-state index in [-0.39, 0.29) is 0 Å². The predicted molar refractivity (Wildman–Crippen MR) is 56.8 cm³/mol. The van der Waals surface area contributed by atoms with Crippen molar-refractivity contribution < 1.29 is 5.11 Å². The lowest BCUT2D eigenvalue weighted by Crippen LogP contribution is -2.59. The highest BCUT2D eigenvalue weighted by molar-refractivity contribution is 5.17. The van der Waals surface area contributed by atoms with E-state index < -0.39 is 5.60 Å². The molecule has 0 atom stereocenters. The Balaban J connectivity index is 1.50. The largest absolute Gasteiger partial charge is 0.382 e. The molecule has 5 nitrogen and oxygen atoms in total. The zero-order chi connectivity index (χ0) is 10.8. The maximum absolute atomic E-state index is 9.90. The van der Waals surface area contributed by atoms with Crippen molar-refractivity contribution in [3.63, 3.8) is 0 Å². The van der Waals surface area contributed by atoms with Crippen molar-refractivity contribution in [3.05, 3.63) is 11.6 Å². The third-order valence-corrected chi connectivity index (χ3v) is 4.41. The molecule has 0 radical (unpaired) electrons. The molecule has 2 heterocycles. The Hall–Kier alpha value is -0.940. The first kappa shape index (κ1) is 9.13. The highest BCUT2D eigenvalue weighted by atomic mass is 16.3. The standard InChI is InChI=1S/C11H16N4O/c16-11(1-2-11)9-13-8(14-15-9)7-3-10(4-7)5-12-6-10/h7,12,16H,1-6H2,(H,13,14,15). The van der Waals surface area contributed by atoms with E-state index in [0.29, 0.717) is 17.2 Å². The summed E-state index contributed by atoms with van der Waals surface area (Å²) in [6, 6.07) is 0. The van der Waals surface area contributed by atoms with Crippen molar-refractivity contribution in [2.24, 2.45) is 5.41 Å². The van der Waals surface area contributed by atoms with Gasteiger partial charge in [0.25, 0.3) is 0 Å². The van der Waals surface area contributed by atoms with Gasteiger partial charge in [-0.15, -0.1) is 10.2 Å². The van der Waals surface area contributed by atoms with Crippen LogP contribution in [-0.4, -0.2) is 33.4 Å². The molecule has 3 N–H and O–H groups in total. The quantitative estimate of drug-likeness (QED) is 0.668. The van der Waals surface area contributed by atoms with Gasteiger partial charge in [-0.1, -0.05) is 0 Å². The molecule has 86 valence electrons. The fourth-order valence-electron chi connectivity index (χ4n) is 2.97. The molecule has 0 amide bonds. The van der Waals surface area contributed by atoms with Crippen LogP contribution in [0.3, 0.4) is 0 Å². The van der Waals surface area contributed by atoms with E-state index in [2.05, 4.69) is 20.5 Å². The number of nitrogens with one attached hydrogen (secondary N) is 2. The van der Waals surface area contributed by atoms with Crippen LogP contribution in [0.4, 0.5) is 0 Å². The van der Waals surface area contributed by atoms with E-state index in [1.807, 2.05) is 0 Å². The molecule has 1 saturated heterocycles. The third-order valence-electron chi connectivity index (χ3n) is 4.41. The predicted octanol–water partition coefficient (Wildman–Crippen LogP) is 0.253. The Morgan fingerprint density at radius 2 is 1.94 bits per heavy atom. The molecule has 4 rings (SSSR count). The second-order valence-electron chi connectivity index (χ2n) is 5.80. The molecule has 1 spiro atoms. The highest BCUT2D eigenvalue weighted by Crippen LogP contribution is 2.53. The maximum Gasteiger partial charge on any atom is 0.162 e. The van der Waals surface area contributed by atoms with Gasteiger partial charge in [-0.2, -0.15) is 0 Å². The molecule has 3 fully saturated rings. The molecule has 16 heavy (non-hydrogen) atoms. The molecule has 5 heteroatoms. The molecule has 1 aliphatic heterocycles. The van der Waals surface area contributed by atoms with Crippen molar-refractivity contribution in [2.45, 2.75) is 37.2 Å². The lowest BCUT2D eigenvalue weighted by atomic mass is 9.58. The Morgan fingerprint density at radius 1 is 1.19 bits per heavy atom. The van der Waals surface area contributed by atoms with Crippen LogP contribution in [0.2, 0.25) is 0 Å². The Morgan fingerprint density at radius 3 is 2.50 bits per heavy atom. The van der Waals surface area contributed by atoms with Gasteiger partial charge in [-0.25, -0.2) is 0 Å². The Bertz CT molecular complexity index is 425. The van der Waals surface area contributed by atoms with Gasteiger partial charge >= 0.3 is 0 Å². The summed E-state index contributed by atoms with van der Waals surface area (Å²) >= 11 is 0. The SMILES string of the molecule is OC1(c2nnc(C3CC4(CNC4)C3)[nH]2)CC1. The number of H-pyrrole nitrogens is 1. The third kappa shape index (κ3) is 1.13. The molecule has 1 aromatic heterocycles. The normalized spacial score (nSPS) is 29.8. The summed E-state index contributed by atoms with van der Waals surface area (Å²) in [6.45, 7) is 2.32. The number of rotatable bonds is 2. The van der Waals surface area contributed by atoms with E-state index in [9.17, 15) is 5.11 Å². The molecule has 0 aromatic carbocycles. The second-order valence-corrected chi connectivity index (χ2v) is 5.80. The number of hydrogen-bond acceptors (Lipinski definition) is 4.